The summed E-state index contributed by atoms with van der Waals surface area (Å²) in [6.45, 7) is 11.9. The number of nitrogens with one attached hydrogen (secondary N) is 1. The van der Waals surface area contributed by atoms with Gasteiger partial charge in [-0.15, -0.1) is 11.3 Å². The summed E-state index contributed by atoms with van der Waals surface area (Å²) >= 11 is 1.41. The van der Waals surface area contributed by atoms with Crippen LogP contribution in [0.2, 0.25) is 0 Å². The highest BCUT2D eigenvalue weighted by Crippen LogP contribution is 2.33. The highest BCUT2D eigenvalue weighted by molar-refractivity contribution is 7.16. The second-order valence-corrected chi connectivity index (χ2v) is 9.84. The van der Waals surface area contributed by atoms with Crippen molar-refractivity contribution >= 4 is 17.2 Å². The van der Waals surface area contributed by atoms with E-state index in [1.807, 2.05) is 12.1 Å². The van der Waals surface area contributed by atoms with Crippen LogP contribution in [0.3, 0.4) is 0 Å². The fraction of sp³-hybridized carbons (Fsp3) is 0.619. The van der Waals surface area contributed by atoms with Crippen molar-refractivity contribution < 1.29 is 9.21 Å². The summed E-state index contributed by atoms with van der Waals surface area (Å²) in [5.41, 5.74) is 0.00831. The summed E-state index contributed by atoms with van der Waals surface area (Å²) in [6, 6.07) is 3.94. The molecule has 0 aliphatic carbocycles. The normalized spacial score (nSPS) is 19.1. The van der Waals surface area contributed by atoms with Gasteiger partial charge in [-0.1, -0.05) is 13.3 Å². The standard InChI is InChI=1S/C21H31N3O2S/c1-6-7-10-24(15-12-20(2,3)23-21(4,5)13-15)19(25)17-14-22-18(27-17)16-9-8-11-26-16/h8-9,11,14-15,23H,6-7,10,12-13H2,1-5H3. The predicted molar refractivity (Wildman–Crippen MR) is 110 cm³/mol. The smallest absolute Gasteiger partial charge is 0.265 e. The minimum atomic E-state index is 0.00416. The molecule has 1 amide bonds. The minimum absolute atomic E-state index is 0.00416. The average molecular weight is 390 g/mol. The third kappa shape index (κ3) is 4.79. The van der Waals surface area contributed by atoms with E-state index in [0.29, 0.717) is 10.6 Å². The van der Waals surface area contributed by atoms with Gasteiger partial charge in [0.05, 0.1) is 12.5 Å². The number of piperidine rings is 1. The number of carbonyl (C=O) groups excluding carboxylic acids is 1. The molecular formula is C21H31N3O2S. The Balaban J connectivity index is 1.84. The van der Waals surface area contributed by atoms with Gasteiger partial charge in [-0.25, -0.2) is 4.98 Å². The van der Waals surface area contributed by atoms with Gasteiger partial charge >= 0.3 is 0 Å². The van der Waals surface area contributed by atoms with Crippen LogP contribution in [0.15, 0.2) is 29.0 Å². The van der Waals surface area contributed by atoms with Crippen LogP contribution in [0.4, 0.5) is 0 Å². The van der Waals surface area contributed by atoms with Gasteiger partial charge in [0.1, 0.15) is 4.88 Å². The quantitative estimate of drug-likeness (QED) is 0.759. The number of aromatic nitrogens is 1. The van der Waals surface area contributed by atoms with Gasteiger partial charge in [-0.05, 0) is 59.1 Å². The minimum Gasteiger partial charge on any atom is -0.462 e. The second kappa shape index (κ2) is 7.76. The molecule has 0 spiro atoms. The van der Waals surface area contributed by atoms with Crippen LogP contribution in [0.1, 0.15) is 70.0 Å². The molecule has 148 valence electrons. The van der Waals surface area contributed by atoms with E-state index in [-0.39, 0.29) is 23.0 Å². The summed E-state index contributed by atoms with van der Waals surface area (Å²) in [4.78, 5) is 20.6. The predicted octanol–water partition coefficient (Wildman–Crippen LogP) is 4.95. The van der Waals surface area contributed by atoms with Gasteiger partial charge in [0.15, 0.2) is 10.8 Å². The number of furan rings is 1. The Kier molecular flexibility index (Phi) is 5.77. The summed E-state index contributed by atoms with van der Waals surface area (Å²) in [5, 5.41) is 4.47. The first-order valence-electron chi connectivity index (χ1n) is 9.81. The van der Waals surface area contributed by atoms with Crippen molar-refractivity contribution in [1.29, 1.82) is 0 Å². The Morgan fingerprint density at radius 1 is 1.33 bits per heavy atom. The zero-order chi connectivity index (χ0) is 19.7. The highest BCUT2D eigenvalue weighted by Gasteiger charge is 2.41. The van der Waals surface area contributed by atoms with Crippen LogP contribution in [0.25, 0.3) is 10.8 Å². The van der Waals surface area contributed by atoms with E-state index in [1.165, 1.54) is 11.3 Å². The highest BCUT2D eigenvalue weighted by atomic mass is 32.1. The van der Waals surface area contributed by atoms with Gasteiger partial charge in [-0.2, -0.15) is 0 Å². The molecule has 1 aliphatic heterocycles. The first-order chi connectivity index (χ1) is 12.7. The molecule has 1 saturated heterocycles. The van der Waals surface area contributed by atoms with Crippen molar-refractivity contribution in [2.24, 2.45) is 0 Å². The fourth-order valence-electron chi connectivity index (χ4n) is 4.30. The molecule has 1 fully saturated rings. The molecule has 0 radical (unpaired) electrons. The molecule has 1 N–H and O–H groups in total. The third-order valence-electron chi connectivity index (χ3n) is 5.07. The largest absolute Gasteiger partial charge is 0.462 e. The van der Waals surface area contributed by atoms with E-state index in [9.17, 15) is 4.79 Å². The van der Waals surface area contributed by atoms with E-state index in [1.54, 1.807) is 12.5 Å². The molecule has 6 heteroatoms. The van der Waals surface area contributed by atoms with Crippen molar-refractivity contribution in [1.82, 2.24) is 15.2 Å². The number of rotatable bonds is 6. The topological polar surface area (TPSA) is 58.4 Å². The van der Waals surface area contributed by atoms with Crippen LogP contribution in [-0.4, -0.2) is 39.5 Å². The number of carbonyl (C=O) groups is 1. The first kappa shape index (κ1) is 20.1. The molecule has 3 rings (SSSR count). The maximum absolute atomic E-state index is 13.4. The van der Waals surface area contributed by atoms with E-state index in [0.717, 1.165) is 37.2 Å². The molecule has 0 unspecified atom stereocenters. The van der Waals surface area contributed by atoms with E-state index in [2.05, 4.69) is 49.8 Å². The summed E-state index contributed by atoms with van der Waals surface area (Å²) in [5.74, 6) is 0.806. The van der Waals surface area contributed by atoms with Gasteiger partial charge in [0.25, 0.3) is 5.91 Å². The lowest BCUT2D eigenvalue weighted by Gasteiger charge is -2.49. The number of nitrogens with zero attached hydrogens (tertiary/aromatic N) is 2. The van der Waals surface area contributed by atoms with Crippen LogP contribution >= 0.6 is 11.3 Å². The maximum atomic E-state index is 13.4. The number of unbranched alkanes of at least 4 members (excludes halogenated alkanes) is 1. The van der Waals surface area contributed by atoms with Crippen molar-refractivity contribution in [3.05, 3.63) is 29.5 Å². The van der Waals surface area contributed by atoms with Gasteiger partial charge in [0, 0.05) is 23.7 Å². The Morgan fingerprint density at radius 3 is 2.63 bits per heavy atom. The molecule has 27 heavy (non-hydrogen) atoms. The summed E-state index contributed by atoms with van der Waals surface area (Å²) in [7, 11) is 0. The van der Waals surface area contributed by atoms with Gasteiger partial charge in [-0.3, -0.25) is 4.79 Å². The van der Waals surface area contributed by atoms with Gasteiger partial charge < -0.3 is 14.6 Å². The molecule has 2 aromatic heterocycles. The van der Waals surface area contributed by atoms with Crippen LogP contribution in [-0.2, 0) is 0 Å². The molecule has 5 nitrogen and oxygen atoms in total. The molecule has 0 bridgehead atoms. The van der Waals surface area contributed by atoms with Gasteiger partial charge in [0.2, 0.25) is 0 Å². The zero-order valence-corrected chi connectivity index (χ0v) is 17.9. The summed E-state index contributed by atoms with van der Waals surface area (Å²) in [6.07, 6.45) is 7.32. The fourth-order valence-corrected chi connectivity index (χ4v) is 5.14. The Labute approximate surface area is 166 Å². The number of amides is 1. The maximum Gasteiger partial charge on any atom is 0.265 e. The molecule has 0 atom stereocenters. The van der Waals surface area contributed by atoms with Crippen molar-refractivity contribution in [2.45, 2.75) is 77.4 Å². The molecule has 3 heterocycles. The molecule has 0 aromatic carbocycles. The lowest BCUT2D eigenvalue weighted by atomic mass is 9.79. The van der Waals surface area contributed by atoms with E-state index >= 15 is 0 Å². The molecular weight excluding hydrogens is 358 g/mol. The van der Waals surface area contributed by atoms with Crippen molar-refractivity contribution in [2.75, 3.05) is 6.54 Å². The van der Waals surface area contributed by atoms with Crippen LogP contribution < -0.4 is 5.32 Å². The monoisotopic (exact) mass is 389 g/mol. The summed E-state index contributed by atoms with van der Waals surface area (Å²) < 4.78 is 5.42. The van der Waals surface area contributed by atoms with E-state index < -0.39 is 0 Å². The Bertz CT molecular complexity index is 748. The van der Waals surface area contributed by atoms with Crippen LogP contribution in [0, 0.1) is 0 Å². The van der Waals surface area contributed by atoms with Crippen molar-refractivity contribution in [3.63, 3.8) is 0 Å². The molecule has 2 aromatic rings. The third-order valence-corrected chi connectivity index (χ3v) is 6.07. The average Bonchev–Trinajstić information content (AvgIpc) is 3.23. The lowest BCUT2D eigenvalue weighted by Crippen LogP contribution is -2.62. The van der Waals surface area contributed by atoms with Crippen LogP contribution in [0.5, 0.6) is 0 Å². The SMILES string of the molecule is CCCCN(C(=O)c1cnc(-c2ccco2)s1)C1CC(C)(C)NC(C)(C)C1. The molecule has 1 aliphatic rings. The first-order valence-corrected chi connectivity index (χ1v) is 10.6. The lowest BCUT2D eigenvalue weighted by molar-refractivity contribution is 0.0445. The second-order valence-electron chi connectivity index (χ2n) is 8.81. The Morgan fingerprint density at radius 2 is 2.04 bits per heavy atom. The van der Waals surface area contributed by atoms with Crippen molar-refractivity contribution in [3.8, 4) is 10.8 Å². The van der Waals surface area contributed by atoms with E-state index in [4.69, 9.17) is 4.42 Å². The Hall–Kier alpha value is -1.66. The number of hydrogen-bond acceptors (Lipinski definition) is 5. The molecule has 0 saturated carbocycles. The number of thiazole rings is 1. The zero-order valence-electron chi connectivity index (χ0n) is 17.0. The number of hydrogen-bond donors (Lipinski definition) is 1.